The van der Waals surface area contributed by atoms with Crippen molar-refractivity contribution in [3.05, 3.63) is 40.0 Å². The second-order valence-corrected chi connectivity index (χ2v) is 5.84. The van der Waals surface area contributed by atoms with Crippen molar-refractivity contribution in [2.45, 2.75) is 26.2 Å². The average Bonchev–Trinajstić information content (AvgIpc) is 2.27. The van der Waals surface area contributed by atoms with Gasteiger partial charge in [0.1, 0.15) is 5.41 Å². The molecular formula is C14H14BrNO2. The molecule has 0 fully saturated rings. The number of halogens is 1. The lowest BCUT2D eigenvalue weighted by Gasteiger charge is -2.21. The second-order valence-electron chi connectivity index (χ2n) is 4.92. The summed E-state index contributed by atoms with van der Waals surface area (Å²) in [6, 6.07) is 7.75. The minimum atomic E-state index is -0.981. The third-order valence-electron chi connectivity index (χ3n) is 3.09. The summed E-state index contributed by atoms with van der Waals surface area (Å²) in [4.78, 5) is 15.8. The minimum absolute atomic E-state index is 0.616. The van der Waals surface area contributed by atoms with Crippen molar-refractivity contribution < 1.29 is 9.90 Å². The maximum Gasteiger partial charge on any atom is 0.315 e. The predicted molar refractivity (Wildman–Crippen MR) is 74.8 cm³/mol. The molecule has 18 heavy (non-hydrogen) atoms. The van der Waals surface area contributed by atoms with Gasteiger partial charge >= 0.3 is 5.97 Å². The number of fused-ring (bicyclic) bond motifs is 1. The van der Waals surface area contributed by atoms with Gasteiger partial charge in [-0.05, 0) is 50.6 Å². The fraction of sp³-hybridized carbons (Fsp3) is 0.286. The number of benzene rings is 1. The van der Waals surface area contributed by atoms with Gasteiger partial charge in [-0.2, -0.15) is 0 Å². The largest absolute Gasteiger partial charge is 0.481 e. The molecule has 0 aliphatic carbocycles. The molecule has 1 aromatic carbocycles. The molecule has 2 aromatic rings. The van der Waals surface area contributed by atoms with E-state index in [0.29, 0.717) is 5.69 Å². The van der Waals surface area contributed by atoms with E-state index in [2.05, 4.69) is 20.9 Å². The summed E-state index contributed by atoms with van der Waals surface area (Å²) in [7, 11) is 0. The fourth-order valence-electron chi connectivity index (χ4n) is 1.99. The van der Waals surface area contributed by atoms with E-state index in [1.807, 2.05) is 31.2 Å². The Labute approximate surface area is 114 Å². The van der Waals surface area contributed by atoms with Gasteiger partial charge in [-0.25, -0.2) is 0 Å². The van der Waals surface area contributed by atoms with Crippen molar-refractivity contribution in [2.24, 2.45) is 0 Å². The van der Waals surface area contributed by atoms with Crippen molar-refractivity contribution >= 4 is 32.8 Å². The highest BCUT2D eigenvalue weighted by Crippen LogP contribution is 2.28. The average molecular weight is 308 g/mol. The maximum atomic E-state index is 11.3. The summed E-state index contributed by atoms with van der Waals surface area (Å²) in [5, 5.41) is 10.3. The summed E-state index contributed by atoms with van der Waals surface area (Å²) >= 11 is 3.42. The molecule has 0 saturated heterocycles. The number of carbonyl (C=O) groups is 1. The second kappa shape index (κ2) is 4.35. The monoisotopic (exact) mass is 307 g/mol. The number of carboxylic acids is 1. The topological polar surface area (TPSA) is 50.2 Å². The van der Waals surface area contributed by atoms with Crippen molar-refractivity contribution in [1.82, 2.24) is 4.98 Å². The standard InChI is InChI=1S/C14H14BrNO2/c1-8-6-9-7-10(15)4-5-11(9)16-12(8)14(2,3)13(17)18/h4-7H,1-3H3,(H,17,18). The van der Waals surface area contributed by atoms with Crippen molar-refractivity contribution in [1.29, 1.82) is 0 Å². The highest BCUT2D eigenvalue weighted by molar-refractivity contribution is 9.10. The van der Waals surface area contributed by atoms with E-state index in [0.717, 1.165) is 20.9 Å². The van der Waals surface area contributed by atoms with Crippen LogP contribution in [0.5, 0.6) is 0 Å². The molecule has 0 aliphatic rings. The van der Waals surface area contributed by atoms with E-state index in [1.54, 1.807) is 13.8 Å². The van der Waals surface area contributed by atoms with Gasteiger partial charge in [0.25, 0.3) is 0 Å². The van der Waals surface area contributed by atoms with E-state index in [-0.39, 0.29) is 0 Å². The Morgan fingerprint density at radius 3 is 2.61 bits per heavy atom. The SMILES string of the molecule is Cc1cc2cc(Br)ccc2nc1C(C)(C)C(=O)O. The van der Waals surface area contributed by atoms with Crippen LogP contribution >= 0.6 is 15.9 Å². The quantitative estimate of drug-likeness (QED) is 0.921. The number of aromatic nitrogens is 1. The van der Waals surface area contributed by atoms with Crippen LogP contribution in [0.2, 0.25) is 0 Å². The number of hydrogen-bond acceptors (Lipinski definition) is 2. The van der Waals surface area contributed by atoms with Crippen LogP contribution in [0.25, 0.3) is 10.9 Å². The van der Waals surface area contributed by atoms with Crippen LogP contribution in [0.4, 0.5) is 0 Å². The molecule has 3 nitrogen and oxygen atoms in total. The van der Waals surface area contributed by atoms with Crippen molar-refractivity contribution in [3.8, 4) is 0 Å². The Kier molecular flexibility index (Phi) is 3.15. The summed E-state index contributed by atoms with van der Waals surface area (Å²) in [6.45, 7) is 5.25. The molecule has 0 atom stereocenters. The molecule has 0 spiro atoms. The zero-order valence-electron chi connectivity index (χ0n) is 10.5. The number of aryl methyl sites for hydroxylation is 1. The van der Waals surface area contributed by atoms with Crippen LogP contribution in [-0.2, 0) is 10.2 Å². The molecule has 0 radical (unpaired) electrons. The molecule has 1 aromatic heterocycles. The Hall–Kier alpha value is -1.42. The smallest absolute Gasteiger partial charge is 0.315 e. The maximum absolute atomic E-state index is 11.3. The van der Waals surface area contributed by atoms with Gasteiger partial charge < -0.3 is 5.11 Å². The van der Waals surface area contributed by atoms with Gasteiger partial charge in [0.05, 0.1) is 11.2 Å². The number of aliphatic carboxylic acids is 1. The van der Waals surface area contributed by atoms with E-state index in [4.69, 9.17) is 0 Å². The van der Waals surface area contributed by atoms with Gasteiger partial charge in [0.2, 0.25) is 0 Å². The van der Waals surface area contributed by atoms with E-state index in [9.17, 15) is 9.90 Å². The Morgan fingerprint density at radius 1 is 1.33 bits per heavy atom. The first-order valence-electron chi connectivity index (χ1n) is 5.63. The molecule has 0 unspecified atom stereocenters. The number of nitrogens with zero attached hydrogens (tertiary/aromatic N) is 1. The molecule has 0 amide bonds. The zero-order valence-corrected chi connectivity index (χ0v) is 12.1. The number of carboxylic acid groups (broad SMARTS) is 1. The first kappa shape index (κ1) is 13.0. The Bertz CT molecular complexity index is 635. The number of rotatable bonds is 2. The van der Waals surface area contributed by atoms with E-state index in [1.165, 1.54) is 0 Å². The number of pyridine rings is 1. The molecule has 0 bridgehead atoms. The highest BCUT2D eigenvalue weighted by atomic mass is 79.9. The molecular weight excluding hydrogens is 294 g/mol. The van der Waals surface area contributed by atoms with Crippen LogP contribution in [0.3, 0.4) is 0 Å². The van der Waals surface area contributed by atoms with Crippen molar-refractivity contribution in [2.75, 3.05) is 0 Å². The third kappa shape index (κ3) is 2.12. The summed E-state index contributed by atoms with van der Waals surface area (Å²) in [6.07, 6.45) is 0. The first-order valence-corrected chi connectivity index (χ1v) is 6.42. The van der Waals surface area contributed by atoms with Gasteiger partial charge in [-0.1, -0.05) is 15.9 Å². The fourth-order valence-corrected chi connectivity index (χ4v) is 2.37. The molecule has 2 rings (SSSR count). The van der Waals surface area contributed by atoms with Crippen LogP contribution in [0.1, 0.15) is 25.1 Å². The third-order valence-corrected chi connectivity index (χ3v) is 3.59. The van der Waals surface area contributed by atoms with Crippen molar-refractivity contribution in [3.63, 3.8) is 0 Å². The molecule has 0 saturated carbocycles. The predicted octanol–water partition coefficient (Wildman–Crippen LogP) is 3.67. The number of hydrogen-bond donors (Lipinski definition) is 1. The normalized spacial score (nSPS) is 11.8. The van der Waals surface area contributed by atoms with Crippen LogP contribution in [0, 0.1) is 6.92 Å². The van der Waals surface area contributed by atoms with Crippen LogP contribution in [-0.4, -0.2) is 16.1 Å². The minimum Gasteiger partial charge on any atom is -0.481 e. The van der Waals surface area contributed by atoms with Gasteiger partial charge in [0.15, 0.2) is 0 Å². The van der Waals surface area contributed by atoms with Crippen LogP contribution < -0.4 is 0 Å². The lowest BCUT2D eigenvalue weighted by atomic mass is 9.86. The molecule has 1 heterocycles. The molecule has 1 N–H and O–H groups in total. The van der Waals surface area contributed by atoms with Gasteiger partial charge in [-0.15, -0.1) is 0 Å². The summed E-state index contributed by atoms with van der Waals surface area (Å²) < 4.78 is 0.987. The Morgan fingerprint density at radius 2 is 2.00 bits per heavy atom. The van der Waals surface area contributed by atoms with E-state index < -0.39 is 11.4 Å². The molecule has 94 valence electrons. The zero-order chi connectivity index (χ0) is 13.5. The van der Waals surface area contributed by atoms with Crippen LogP contribution in [0.15, 0.2) is 28.7 Å². The lowest BCUT2D eigenvalue weighted by molar-refractivity contribution is -0.142. The van der Waals surface area contributed by atoms with Gasteiger partial charge in [-0.3, -0.25) is 9.78 Å². The Balaban J connectivity index is 2.71. The highest BCUT2D eigenvalue weighted by Gasteiger charge is 2.32. The summed E-state index contributed by atoms with van der Waals surface area (Å²) in [5.41, 5.74) is 1.34. The van der Waals surface area contributed by atoms with Gasteiger partial charge in [0, 0.05) is 9.86 Å². The lowest BCUT2D eigenvalue weighted by Crippen LogP contribution is -2.30. The molecule has 0 aliphatic heterocycles. The first-order chi connectivity index (χ1) is 8.32. The summed E-state index contributed by atoms with van der Waals surface area (Å²) in [5.74, 6) is -0.866. The van der Waals surface area contributed by atoms with E-state index >= 15 is 0 Å². The molecule has 4 heteroatoms.